The van der Waals surface area contributed by atoms with Crippen LogP contribution in [0.2, 0.25) is 0 Å². The molecule has 5 nitrogen and oxygen atoms in total. The Bertz CT molecular complexity index is 689. The summed E-state index contributed by atoms with van der Waals surface area (Å²) in [6.07, 6.45) is 3.92. The van der Waals surface area contributed by atoms with E-state index in [-0.39, 0.29) is 11.3 Å². The maximum Gasteiger partial charge on any atom is 0.279 e. The molecule has 2 aromatic heterocycles. The van der Waals surface area contributed by atoms with Crippen molar-refractivity contribution in [3.8, 4) is 0 Å². The lowest BCUT2D eigenvalue weighted by atomic mass is 9.91. The van der Waals surface area contributed by atoms with Crippen LogP contribution in [0.1, 0.15) is 41.3 Å². The standard InChI is InChI=1S/C13H15BrN4OS/c1-13(2)5-4-8-10(13)15-12(20-8)16-11(19)9-7(14)6-18(3)17-9/h6H,4-5H2,1-3H3,(H,15,16,19). The topological polar surface area (TPSA) is 59.8 Å². The van der Waals surface area contributed by atoms with Gasteiger partial charge < -0.3 is 0 Å². The average molecular weight is 355 g/mol. The molecule has 1 aliphatic carbocycles. The summed E-state index contributed by atoms with van der Waals surface area (Å²) in [5.41, 5.74) is 1.61. The number of anilines is 1. The third-order valence-electron chi connectivity index (χ3n) is 3.54. The molecular formula is C13H15BrN4OS. The minimum atomic E-state index is -0.234. The Hall–Kier alpha value is -1.21. The van der Waals surface area contributed by atoms with Gasteiger partial charge in [-0.3, -0.25) is 14.8 Å². The lowest BCUT2D eigenvalue weighted by Crippen LogP contribution is -2.16. The fourth-order valence-electron chi connectivity index (χ4n) is 2.42. The summed E-state index contributed by atoms with van der Waals surface area (Å²) in [5.74, 6) is -0.234. The number of thiazole rings is 1. The summed E-state index contributed by atoms with van der Waals surface area (Å²) >= 11 is 4.90. The van der Waals surface area contributed by atoms with Gasteiger partial charge >= 0.3 is 0 Å². The van der Waals surface area contributed by atoms with E-state index in [1.165, 1.54) is 4.88 Å². The number of carbonyl (C=O) groups excluding carboxylic acids is 1. The highest BCUT2D eigenvalue weighted by Crippen LogP contribution is 2.42. The van der Waals surface area contributed by atoms with Crippen molar-refractivity contribution in [2.45, 2.75) is 32.1 Å². The first kappa shape index (κ1) is 13.8. The summed E-state index contributed by atoms with van der Waals surface area (Å²) in [5, 5.41) is 7.63. The monoisotopic (exact) mass is 354 g/mol. The van der Waals surface area contributed by atoms with Crippen molar-refractivity contribution in [1.29, 1.82) is 0 Å². The van der Waals surface area contributed by atoms with Gasteiger partial charge in [0.25, 0.3) is 5.91 Å². The number of nitrogens with one attached hydrogen (secondary N) is 1. The number of rotatable bonds is 2. The van der Waals surface area contributed by atoms with Gasteiger partial charge in [0.15, 0.2) is 10.8 Å². The molecule has 106 valence electrons. The second-order valence-corrected chi connectivity index (χ2v) is 7.57. The van der Waals surface area contributed by atoms with Crippen molar-refractivity contribution in [1.82, 2.24) is 14.8 Å². The fraction of sp³-hybridized carbons (Fsp3) is 0.462. The molecular weight excluding hydrogens is 340 g/mol. The fourth-order valence-corrected chi connectivity index (χ4v) is 4.11. The summed E-state index contributed by atoms with van der Waals surface area (Å²) in [7, 11) is 1.78. The number of aromatic nitrogens is 3. The first-order valence-corrected chi connectivity index (χ1v) is 7.98. The zero-order valence-corrected chi connectivity index (χ0v) is 13.9. The Kier molecular flexibility index (Phi) is 3.21. The average Bonchev–Trinajstić information content (AvgIpc) is 2.97. The molecule has 2 heterocycles. The van der Waals surface area contributed by atoms with E-state index in [1.807, 2.05) is 0 Å². The zero-order chi connectivity index (χ0) is 14.5. The van der Waals surface area contributed by atoms with E-state index in [4.69, 9.17) is 0 Å². The number of fused-ring (bicyclic) bond motifs is 1. The van der Waals surface area contributed by atoms with Crippen LogP contribution in [0.25, 0.3) is 0 Å². The Morgan fingerprint density at radius 1 is 1.55 bits per heavy atom. The van der Waals surface area contributed by atoms with Crippen molar-refractivity contribution in [2.75, 3.05) is 5.32 Å². The lowest BCUT2D eigenvalue weighted by Gasteiger charge is -2.15. The first-order chi connectivity index (χ1) is 9.37. The van der Waals surface area contributed by atoms with E-state index in [2.05, 4.69) is 45.2 Å². The van der Waals surface area contributed by atoms with Crippen LogP contribution in [-0.2, 0) is 18.9 Å². The van der Waals surface area contributed by atoms with Gasteiger partial charge in [-0.25, -0.2) is 4.98 Å². The molecule has 1 amide bonds. The maximum atomic E-state index is 12.2. The molecule has 1 N–H and O–H groups in total. The minimum absolute atomic E-state index is 0.111. The Balaban J connectivity index is 1.83. The smallest absolute Gasteiger partial charge is 0.279 e. The van der Waals surface area contributed by atoms with Gasteiger partial charge in [-0.15, -0.1) is 11.3 Å². The van der Waals surface area contributed by atoms with Crippen LogP contribution >= 0.6 is 27.3 Å². The van der Waals surface area contributed by atoms with Crippen molar-refractivity contribution in [3.05, 3.63) is 26.9 Å². The van der Waals surface area contributed by atoms with Crippen molar-refractivity contribution in [2.24, 2.45) is 7.05 Å². The summed E-state index contributed by atoms with van der Waals surface area (Å²) in [6, 6.07) is 0. The van der Waals surface area contributed by atoms with Crippen LogP contribution in [0.4, 0.5) is 5.13 Å². The van der Waals surface area contributed by atoms with Gasteiger partial charge in [-0.2, -0.15) is 5.10 Å². The van der Waals surface area contributed by atoms with Crippen LogP contribution in [0.5, 0.6) is 0 Å². The first-order valence-electron chi connectivity index (χ1n) is 6.37. The highest BCUT2D eigenvalue weighted by Gasteiger charge is 2.34. The molecule has 7 heteroatoms. The zero-order valence-electron chi connectivity index (χ0n) is 11.5. The van der Waals surface area contributed by atoms with Crippen LogP contribution < -0.4 is 5.32 Å². The van der Waals surface area contributed by atoms with E-state index in [0.717, 1.165) is 18.5 Å². The summed E-state index contributed by atoms with van der Waals surface area (Å²) in [4.78, 5) is 18.1. The number of carbonyl (C=O) groups is 1. The number of hydrogen-bond donors (Lipinski definition) is 1. The predicted molar refractivity (Wildman–Crippen MR) is 82.3 cm³/mol. The molecule has 0 atom stereocenters. The lowest BCUT2D eigenvalue weighted by molar-refractivity contribution is 0.102. The molecule has 2 aromatic rings. The van der Waals surface area contributed by atoms with Crippen molar-refractivity contribution in [3.63, 3.8) is 0 Å². The molecule has 0 bridgehead atoms. The van der Waals surface area contributed by atoms with Crippen LogP contribution in [-0.4, -0.2) is 20.7 Å². The van der Waals surface area contributed by atoms with Gasteiger partial charge in [0, 0.05) is 23.5 Å². The summed E-state index contributed by atoms with van der Waals surface area (Å²) in [6.45, 7) is 4.39. The maximum absolute atomic E-state index is 12.2. The molecule has 0 fully saturated rings. The molecule has 3 rings (SSSR count). The molecule has 1 aliphatic rings. The van der Waals surface area contributed by atoms with E-state index < -0.39 is 0 Å². The van der Waals surface area contributed by atoms with Gasteiger partial charge in [-0.1, -0.05) is 13.8 Å². The molecule has 0 saturated carbocycles. The summed E-state index contributed by atoms with van der Waals surface area (Å²) < 4.78 is 2.28. The van der Waals surface area contributed by atoms with E-state index in [9.17, 15) is 4.79 Å². The number of nitrogens with zero attached hydrogens (tertiary/aromatic N) is 3. The van der Waals surface area contributed by atoms with E-state index in [0.29, 0.717) is 15.3 Å². The van der Waals surface area contributed by atoms with Crippen molar-refractivity contribution >= 4 is 38.3 Å². The van der Waals surface area contributed by atoms with E-state index >= 15 is 0 Å². The second kappa shape index (κ2) is 4.66. The third-order valence-corrected chi connectivity index (χ3v) is 5.15. The number of hydrogen-bond acceptors (Lipinski definition) is 4. The SMILES string of the molecule is Cn1cc(Br)c(C(=O)Nc2nc3c(s2)CCC3(C)C)n1. The number of aryl methyl sites for hydroxylation is 2. The van der Waals surface area contributed by atoms with Gasteiger partial charge in [0.05, 0.1) is 10.2 Å². The van der Waals surface area contributed by atoms with Gasteiger partial charge in [0.2, 0.25) is 0 Å². The molecule has 0 saturated heterocycles. The van der Waals surface area contributed by atoms with Crippen LogP contribution in [0.3, 0.4) is 0 Å². The van der Waals surface area contributed by atoms with Gasteiger partial charge in [0.1, 0.15) is 0 Å². The number of amides is 1. The Morgan fingerprint density at radius 3 is 2.90 bits per heavy atom. The normalized spacial score (nSPS) is 16.2. The molecule has 0 radical (unpaired) electrons. The second-order valence-electron chi connectivity index (χ2n) is 5.63. The Morgan fingerprint density at radius 2 is 2.30 bits per heavy atom. The molecule has 0 spiro atoms. The van der Waals surface area contributed by atoms with Crippen molar-refractivity contribution < 1.29 is 4.79 Å². The molecule has 20 heavy (non-hydrogen) atoms. The highest BCUT2D eigenvalue weighted by atomic mass is 79.9. The third kappa shape index (κ3) is 2.29. The highest BCUT2D eigenvalue weighted by molar-refractivity contribution is 9.10. The predicted octanol–water partition coefficient (Wildman–Crippen LogP) is 3.12. The molecule has 0 aromatic carbocycles. The molecule has 0 aliphatic heterocycles. The van der Waals surface area contributed by atoms with Gasteiger partial charge in [-0.05, 0) is 28.8 Å². The van der Waals surface area contributed by atoms with Crippen LogP contribution in [0, 0.1) is 0 Å². The minimum Gasteiger partial charge on any atom is -0.296 e. The largest absolute Gasteiger partial charge is 0.296 e. The molecule has 0 unspecified atom stereocenters. The number of halogens is 1. The van der Waals surface area contributed by atoms with Crippen LogP contribution in [0.15, 0.2) is 10.7 Å². The van der Waals surface area contributed by atoms with E-state index in [1.54, 1.807) is 29.3 Å². The Labute approximate surface area is 129 Å². The quantitative estimate of drug-likeness (QED) is 0.901.